The summed E-state index contributed by atoms with van der Waals surface area (Å²) in [6, 6.07) is 6.40. The minimum Gasteiger partial charge on any atom is -0.479 e. The van der Waals surface area contributed by atoms with E-state index in [9.17, 15) is 13.2 Å². The van der Waals surface area contributed by atoms with Crippen LogP contribution in [0.4, 0.5) is 0 Å². The number of carboxylic acids is 1. The molecule has 1 aromatic carbocycles. The number of hydrogen-bond acceptors (Lipinski definition) is 4. The molecule has 0 aromatic heterocycles. The van der Waals surface area contributed by atoms with E-state index in [1.165, 1.54) is 13.0 Å². The highest BCUT2D eigenvalue weighted by molar-refractivity contribution is 7.89. The molecule has 94 valence electrons. The van der Waals surface area contributed by atoms with Crippen molar-refractivity contribution in [3.63, 3.8) is 0 Å². The summed E-state index contributed by atoms with van der Waals surface area (Å²) < 4.78 is 27.4. The highest BCUT2D eigenvalue weighted by Crippen LogP contribution is 2.16. The Hall–Kier alpha value is -1.56. The van der Waals surface area contributed by atoms with Crippen molar-refractivity contribution < 1.29 is 23.1 Å². The van der Waals surface area contributed by atoms with Gasteiger partial charge in [0.05, 0.1) is 5.75 Å². The Kier molecular flexibility index (Phi) is 4.11. The van der Waals surface area contributed by atoms with Crippen LogP contribution in [0.15, 0.2) is 24.3 Å². The van der Waals surface area contributed by atoms with Crippen LogP contribution in [0.1, 0.15) is 12.5 Å². The first-order chi connectivity index (χ1) is 7.78. The second-order valence-electron chi connectivity index (χ2n) is 3.82. The third-order valence-corrected chi connectivity index (χ3v) is 2.85. The van der Waals surface area contributed by atoms with Gasteiger partial charge in [0.1, 0.15) is 5.75 Å². The number of ether oxygens (including phenoxy) is 1. The summed E-state index contributed by atoms with van der Waals surface area (Å²) in [6.45, 7) is 1.41. The van der Waals surface area contributed by atoms with Crippen LogP contribution in [0.3, 0.4) is 0 Å². The Morgan fingerprint density at radius 2 is 2.12 bits per heavy atom. The third-order valence-electron chi connectivity index (χ3n) is 1.99. The summed E-state index contributed by atoms with van der Waals surface area (Å²) in [7, 11) is -3.11. The minimum absolute atomic E-state index is 0.0916. The maximum absolute atomic E-state index is 11.1. The number of carbonyl (C=O) groups is 1. The Morgan fingerprint density at radius 1 is 1.47 bits per heavy atom. The van der Waals surface area contributed by atoms with E-state index >= 15 is 0 Å². The predicted octanol–water partition coefficient (Wildman–Crippen LogP) is 1.08. The van der Waals surface area contributed by atoms with Crippen LogP contribution in [0, 0.1) is 0 Å². The van der Waals surface area contributed by atoms with Crippen molar-refractivity contribution in [2.75, 3.05) is 6.26 Å². The van der Waals surface area contributed by atoms with Gasteiger partial charge in [-0.2, -0.15) is 0 Å². The smallest absolute Gasteiger partial charge is 0.344 e. The Bertz CT molecular complexity index is 506. The first-order valence-electron chi connectivity index (χ1n) is 4.94. The van der Waals surface area contributed by atoms with Gasteiger partial charge in [0.25, 0.3) is 0 Å². The van der Waals surface area contributed by atoms with Crippen LogP contribution in [0.25, 0.3) is 0 Å². The van der Waals surface area contributed by atoms with E-state index in [2.05, 4.69) is 0 Å². The second-order valence-corrected chi connectivity index (χ2v) is 5.96. The monoisotopic (exact) mass is 258 g/mol. The maximum Gasteiger partial charge on any atom is 0.344 e. The van der Waals surface area contributed by atoms with E-state index in [4.69, 9.17) is 9.84 Å². The minimum atomic E-state index is -3.11. The molecule has 0 aliphatic rings. The molecule has 1 aromatic rings. The summed E-state index contributed by atoms with van der Waals surface area (Å²) in [5, 5.41) is 8.68. The van der Waals surface area contributed by atoms with Gasteiger partial charge in [-0.05, 0) is 24.6 Å². The molecule has 1 atom stereocenters. The van der Waals surface area contributed by atoms with Crippen LogP contribution in [-0.2, 0) is 20.4 Å². The van der Waals surface area contributed by atoms with E-state index in [1.54, 1.807) is 18.2 Å². The standard InChI is InChI=1S/C11H14O5S/c1-8(11(12)13)16-10-5-3-4-9(6-10)7-17(2,14)15/h3-6,8H,7H2,1-2H3,(H,12,13). The fourth-order valence-electron chi connectivity index (χ4n) is 1.27. The molecule has 0 amide bonds. The Morgan fingerprint density at radius 3 is 2.65 bits per heavy atom. The third kappa shape index (κ3) is 4.86. The highest BCUT2D eigenvalue weighted by atomic mass is 32.2. The lowest BCUT2D eigenvalue weighted by molar-refractivity contribution is -0.144. The van der Waals surface area contributed by atoms with E-state index < -0.39 is 21.9 Å². The number of rotatable bonds is 5. The summed E-state index contributed by atoms with van der Waals surface area (Å²) in [5.41, 5.74) is 0.572. The summed E-state index contributed by atoms with van der Waals surface area (Å²) in [4.78, 5) is 10.6. The van der Waals surface area contributed by atoms with E-state index in [0.29, 0.717) is 11.3 Å². The molecule has 0 saturated heterocycles. The maximum atomic E-state index is 11.1. The van der Waals surface area contributed by atoms with Crippen molar-refractivity contribution in [2.45, 2.75) is 18.8 Å². The summed E-state index contributed by atoms with van der Waals surface area (Å²) in [5.74, 6) is -0.814. The van der Waals surface area contributed by atoms with E-state index in [1.807, 2.05) is 0 Å². The van der Waals surface area contributed by atoms with Crippen molar-refractivity contribution in [3.8, 4) is 5.75 Å². The Labute approximate surface area is 100.0 Å². The highest BCUT2D eigenvalue weighted by Gasteiger charge is 2.13. The lowest BCUT2D eigenvalue weighted by Gasteiger charge is -2.11. The number of hydrogen-bond donors (Lipinski definition) is 1. The van der Waals surface area contributed by atoms with E-state index in [-0.39, 0.29) is 5.75 Å². The molecular weight excluding hydrogens is 244 g/mol. The summed E-state index contributed by atoms with van der Waals surface area (Å²) in [6.07, 6.45) is 0.170. The van der Waals surface area contributed by atoms with Crippen molar-refractivity contribution >= 4 is 15.8 Å². The topological polar surface area (TPSA) is 80.7 Å². The molecular formula is C11H14O5S. The number of carboxylic acid groups (broad SMARTS) is 1. The first kappa shape index (κ1) is 13.5. The molecule has 0 aliphatic carbocycles. The van der Waals surface area contributed by atoms with Crippen molar-refractivity contribution in [2.24, 2.45) is 0 Å². The molecule has 0 saturated carbocycles. The van der Waals surface area contributed by atoms with Crippen LogP contribution in [0.5, 0.6) is 5.75 Å². The predicted molar refractivity (Wildman–Crippen MR) is 62.7 cm³/mol. The quantitative estimate of drug-likeness (QED) is 0.854. The van der Waals surface area contributed by atoms with Gasteiger partial charge < -0.3 is 9.84 Å². The lowest BCUT2D eigenvalue weighted by Crippen LogP contribution is -2.22. The Balaban J connectivity index is 2.83. The molecule has 5 nitrogen and oxygen atoms in total. The zero-order valence-electron chi connectivity index (χ0n) is 9.58. The van der Waals surface area contributed by atoms with Gasteiger partial charge in [0, 0.05) is 6.26 Å². The molecule has 0 fully saturated rings. The van der Waals surface area contributed by atoms with Gasteiger partial charge in [-0.15, -0.1) is 0 Å². The molecule has 6 heteroatoms. The van der Waals surface area contributed by atoms with Gasteiger partial charge in [0.2, 0.25) is 0 Å². The fourth-order valence-corrected chi connectivity index (χ4v) is 2.05. The van der Waals surface area contributed by atoms with Gasteiger partial charge in [-0.3, -0.25) is 0 Å². The molecule has 1 rings (SSSR count). The molecule has 0 radical (unpaired) electrons. The van der Waals surface area contributed by atoms with Gasteiger partial charge in [-0.1, -0.05) is 12.1 Å². The molecule has 1 unspecified atom stereocenters. The average molecular weight is 258 g/mol. The molecule has 0 aliphatic heterocycles. The first-order valence-corrected chi connectivity index (χ1v) is 7.00. The second kappa shape index (κ2) is 5.18. The lowest BCUT2D eigenvalue weighted by atomic mass is 10.2. The number of sulfone groups is 1. The van der Waals surface area contributed by atoms with Crippen molar-refractivity contribution in [1.82, 2.24) is 0 Å². The van der Waals surface area contributed by atoms with Crippen LogP contribution in [-0.4, -0.2) is 31.9 Å². The van der Waals surface area contributed by atoms with Crippen molar-refractivity contribution in [3.05, 3.63) is 29.8 Å². The van der Waals surface area contributed by atoms with Crippen LogP contribution in [0.2, 0.25) is 0 Å². The largest absolute Gasteiger partial charge is 0.479 e. The normalized spacial score (nSPS) is 13.1. The SMILES string of the molecule is CC(Oc1cccc(CS(C)(=O)=O)c1)C(=O)O. The van der Waals surface area contributed by atoms with E-state index in [0.717, 1.165) is 6.26 Å². The average Bonchev–Trinajstić information content (AvgIpc) is 2.15. The van der Waals surface area contributed by atoms with Gasteiger partial charge in [0.15, 0.2) is 15.9 Å². The zero-order chi connectivity index (χ0) is 13.1. The molecule has 17 heavy (non-hydrogen) atoms. The molecule has 0 spiro atoms. The van der Waals surface area contributed by atoms with Gasteiger partial charge >= 0.3 is 5.97 Å². The van der Waals surface area contributed by atoms with Crippen LogP contribution < -0.4 is 4.74 Å². The fraction of sp³-hybridized carbons (Fsp3) is 0.364. The zero-order valence-corrected chi connectivity index (χ0v) is 10.4. The molecule has 0 heterocycles. The number of benzene rings is 1. The van der Waals surface area contributed by atoms with Crippen LogP contribution >= 0.6 is 0 Å². The number of aliphatic carboxylic acids is 1. The summed E-state index contributed by atoms with van der Waals surface area (Å²) >= 11 is 0. The molecule has 0 bridgehead atoms. The van der Waals surface area contributed by atoms with Crippen molar-refractivity contribution in [1.29, 1.82) is 0 Å². The molecule has 1 N–H and O–H groups in total. The van der Waals surface area contributed by atoms with Gasteiger partial charge in [-0.25, -0.2) is 13.2 Å².